The van der Waals surface area contributed by atoms with Gasteiger partial charge in [0.05, 0.1) is 0 Å². The van der Waals surface area contributed by atoms with Gasteiger partial charge >= 0.3 is 0 Å². The number of anilines is 1. The smallest absolute Gasteiger partial charge is 0.0340 e. The van der Waals surface area contributed by atoms with Crippen molar-refractivity contribution in [2.75, 3.05) is 18.9 Å². The quantitative estimate of drug-likeness (QED) is 0.162. The van der Waals surface area contributed by atoms with Gasteiger partial charge in [-0.15, -0.1) is 19.7 Å². The number of likely N-dealkylation sites (tertiary alicyclic amines) is 1. The molecule has 0 bridgehead atoms. The van der Waals surface area contributed by atoms with Gasteiger partial charge in [-0.25, -0.2) is 0 Å². The second kappa shape index (κ2) is 43.4. The zero-order valence-corrected chi connectivity index (χ0v) is 37.6. The first-order valence-corrected chi connectivity index (χ1v) is 20.6. The molecule has 0 saturated carbocycles. The molecule has 3 atom stereocenters. The van der Waals surface area contributed by atoms with E-state index in [0.29, 0.717) is 17.9 Å². The number of allylic oxidation sites excluding steroid dienone is 6. The number of benzene rings is 1. The maximum Gasteiger partial charge on any atom is 0.0340 e. The van der Waals surface area contributed by atoms with Crippen LogP contribution in [0.25, 0.3) is 0 Å². The van der Waals surface area contributed by atoms with Gasteiger partial charge in [-0.1, -0.05) is 162 Å². The third kappa shape index (κ3) is 35.4. The summed E-state index contributed by atoms with van der Waals surface area (Å²) in [6.45, 7) is 47.6. The number of unbranched alkanes of at least 4 members (excludes halogenated alkanes) is 3. The predicted octanol–water partition coefficient (Wildman–Crippen LogP) is 16.7. The Morgan fingerprint density at radius 2 is 1.37 bits per heavy atom. The van der Waals surface area contributed by atoms with Gasteiger partial charge in [-0.2, -0.15) is 0 Å². The Morgan fingerprint density at radius 1 is 0.843 bits per heavy atom. The summed E-state index contributed by atoms with van der Waals surface area (Å²) < 4.78 is 0. The minimum atomic E-state index is 0.607. The Labute approximate surface area is 323 Å². The van der Waals surface area contributed by atoms with Gasteiger partial charge in [-0.3, -0.25) is 0 Å². The lowest BCUT2D eigenvalue weighted by Gasteiger charge is -2.24. The SMILES string of the molecule is C=C.C=C(C)CCCC.C=CN1CC(/C(C=C(C)C)=C/C=CCC)C(C)C1CCC.CCC.CCC.CCCCC.CNc1ccc(C)c(C)c1. The highest BCUT2D eigenvalue weighted by Crippen LogP contribution is 2.37. The maximum absolute atomic E-state index is 4.02. The van der Waals surface area contributed by atoms with E-state index in [1.165, 1.54) is 97.7 Å². The fourth-order valence-corrected chi connectivity index (χ4v) is 5.10. The maximum atomic E-state index is 4.02. The Balaban J connectivity index is -0.000000195. The highest BCUT2D eigenvalue weighted by molar-refractivity contribution is 5.47. The van der Waals surface area contributed by atoms with Crippen LogP contribution in [0, 0.1) is 25.7 Å². The predicted molar refractivity (Wildman–Crippen MR) is 243 cm³/mol. The molecular formula is C49H92N2. The van der Waals surface area contributed by atoms with Gasteiger partial charge in [-0.05, 0) is 101 Å². The zero-order valence-electron chi connectivity index (χ0n) is 37.6. The number of hydrogen-bond acceptors (Lipinski definition) is 2. The van der Waals surface area contributed by atoms with Crippen molar-refractivity contribution in [1.29, 1.82) is 0 Å². The average Bonchev–Trinajstić information content (AvgIpc) is 3.42. The monoisotopic (exact) mass is 709 g/mol. The van der Waals surface area contributed by atoms with E-state index < -0.39 is 0 Å². The number of nitrogens with one attached hydrogen (secondary N) is 1. The van der Waals surface area contributed by atoms with Crippen LogP contribution in [0.1, 0.15) is 172 Å². The normalized spacial score (nSPS) is 15.6. The molecule has 1 aromatic carbocycles. The highest BCUT2D eigenvalue weighted by Gasteiger charge is 2.37. The van der Waals surface area contributed by atoms with Gasteiger partial charge in [0, 0.05) is 31.2 Å². The number of aryl methyl sites for hydroxylation is 2. The van der Waals surface area contributed by atoms with E-state index in [1.807, 2.05) is 13.2 Å². The van der Waals surface area contributed by atoms with Crippen molar-refractivity contribution in [3.8, 4) is 0 Å². The average molecular weight is 709 g/mol. The first kappa shape index (κ1) is 57.6. The van der Waals surface area contributed by atoms with Gasteiger partial charge < -0.3 is 10.2 Å². The molecule has 2 rings (SSSR count). The molecule has 2 nitrogen and oxygen atoms in total. The van der Waals surface area contributed by atoms with Crippen LogP contribution in [0.5, 0.6) is 0 Å². The Hall–Kier alpha value is -2.74. The second-order valence-corrected chi connectivity index (χ2v) is 13.8. The van der Waals surface area contributed by atoms with Crippen LogP contribution in [-0.4, -0.2) is 24.5 Å². The summed E-state index contributed by atoms with van der Waals surface area (Å²) in [6.07, 6.45) is 25.1. The van der Waals surface area contributed by atoms with E-state index >= 15 is 0 Å². The third-order valence-electron chi connectivity index (χ3n) is 7.90. The molecule has 3 unspecified atom stereocenters. The van der Waals surface area contributed by atoms with Crippen molar-refractivity contribution in [1.82, 2.24) is 4.90 Å². The minimum absolute atomic E-state index is 0.607. The molecule has 51 heavy (non-hydrogen) atoms. The van der Waals surface area contributed by atoms with E-state index in [2.05, 4.69) is 183 Å². The lowest BCUT2D eigenvalue weighted by Crippen LogP contribution is -2.27. The molecule has 1 heterocycles. The molecule has 1 aliphatic rings. The minimum Gasteiger partial charge on any atom is -0.388 e. The number of hydrogen-bond donors (Lipinski definition) is 1. The lowest BCUT2D eigenvalue weighted by atomic mass is 9.84. The molecule has 1 saturated heterocycles. The van der Waals surface area contributed by atoms with Crippen LogP contribution in [-0.2, 0) is 0 Å². The molecule has 0 spiro atoms. The van der Waals surface area contributed by atoms with Crippen LogP contribution in [0.4, 0.5) is 5.69 Å². The Morgan fingerprint density at radius 3 is 1.71 bits per heavy atom. The van der Waals surface area contributed by atoms with Crippen LogP contribution in [0.3, 0.4) is 0 Å². The largest absolute Gasteiger partial charge is 0.388 e. The highest BCUT2D eigenvalue weighted by atomic mass is 15.2. The summed E-state index contributed by atoms with van der Waals surface area (Å²) in [5.74, 6) is 1.29. The molecule has 1 fully saturated rings. The molecule has 0 amide bonds. The molecule has 0 radical (unpaired) electrons. The summed E-state index contributed by atoms with van der Waals surface area (Å²) in [7, 11) is 1.93. The lowest BCUT2D eigenvalue weighted by molar-refractivity contribution is 0.292. The van der Waals surface area contributed by atoms with Crippen molar-refractivity contribution >= 4 is 5.69 Å². The second-order valence-electron chi connectivity index (χ2n) is 13.8. The van der Waals surface area contributed by atoms with E-state index in [-0.39, 0.29) is 0 Å². The number of rotatable bonds is 13. The summed E-state index contributed by atoms with van der Waals surface area (Å²) >= 11 is 0. The van der Waals surface area contributed by atoms with Gasteiger partial charge in [0.25, 0.3) is 0 Å². The fraction of sp³-hybridized carbons (Fsp3) is 0.633. The van der Waals surface area contributed by atoms with E-state index in [4.69, 9.17) is 0 Å². The van der Waals surface area contributed by atoms with Crippen LogP contribution in [0.2, 0.25) is 0 Å². The van der Waals surface area contributed by atoms with Crippen LogP contribution < -0.4 is 5.32 Å². The summed E-state index contributed by atoms with van der Waals surface area (Å²) in [4.78, 5) is 2.45. The summed E-state index contributed by atoms with van der Waals surface area (Å²) in [5.41, 5.74) is 8.02. The first-order chi connectivity index (χ1) is 24.3. The van der Waals surface area contributed by atoms with Gasteiger partial charge in [0.15, 0.2) is 0 Å². The zero-order chi connectivity index (χ0) is 40.6. The van der Waals surface area contributed by atoms with E-state index in [1.54, 1.807) is 0 Å². The Bertz CT molecular complexity index is 987. The topological polar surface area (TPSA) is 15.3 Å². The fourth-order valence-electron chi connectivity index (χ4n) is 5.10. The van der Waals surface area contributed by atoms with Crippen molar-refractivity contribution in [2.24, 2.45) is 11.8 Å². The molecule has 2 heteroatoms. The molecule has 298 valence electrons. The molecule has 1 aliphatic heterocycles. The molecule has 1 aromatic rings. The van der Waals surface area contributed by atoms with Gasteiger partial charge in [0.1, 0.15) is 0 Å². The van der Waals surface area contributed by atoms with E-state index in [0.717, 1.165) is 13.0 Å². The van der Waals surface area contributed by atoms with Crippen LogP contribution >= 0.6 is 0 Å². The first-order valence-electron chi connectivity index (χ1n) is 20.6. The van der Waals surface area contributed by atoms with Crippen molar-refractivity contribution < 1.29 is 0 Å². The molecule has 1 N–H and O–H groups in total. The van der Waals surface area contributed by atoms with E-state index in [9.17, 15) is 0 Å². The van der Waals surface area contributed by atoms with Gasteiger partial charge in [0.2, 0.25) is 0 Å². The molecule has 0 aromatic heterocycles. The van der Waals surface area contributed by atoms with Crippen molar-refractivity contribution in [2.45, 2.75) is 181 Å². The summed E-state index contributed by atoms with van der Waals surface area (Å²) in [5, 5.41) is 3.10. The standard InChI is InChI=1S/C20H33N.C9H13N.C7H14.C5H12.2C3H8.C2H4/c1-7-10-11-13-18(14-16(4)5)19-15-21(9-3)20(12-8-2)17(19)6;1-7-4-5-9(10-3)6-8(7)2;1-4-5-6-7(2)3;1-3-5-4-2;2*1-3-2;1-2/h9-11,13-14,17,19-20H,3,7-8,12,15H2,1-2,4-6H3;4-6,10H,1-3H3;2,4-6H2,1,3H3;3-5H2,1-2H3;2*3H2,1-2H3;1-2H2/b11-10?,18-13+;;;;;;. The number of nitrogens with zero attached hydrogens (tertiary/aromatic N) is 1. The summed E-state index contributed by atoms with van der Waals surface area (Å²) in [6, 6.07) is 7.00. The van der Waals surface area contributed by atoms with Crippen LogP contribution in [0.15, 0.2) is 91.7 Å². The Kier molecular flexibility index (Phi) is 49.0. The van der Waals surface area contributed by atoms with Crippen molar-refractivity contribution in [3.05, 3.63) is 103 Å². The molecule has 0 aliphatic carbocycles. The van der Waals surface area contributed by atoms with Crippen molar-refractivity contribution in [3.63, 3.8) is 0 Å². The molecular weight excluding hydrogens is 617 g/mol. The third-order valence-corrected chi connectivity index (χ3v) is 7.90.